The molecule has 0 radical (unpaired) electrons. The highest BCUT2D eigenvalue weighted by Gasteiger charge is 2.30. The lowest BCUT2D eigenvalue weighted by molar-refractivity contribution is -0.137. The SMILES string of the molecule is Cc1cc(C(F)(F)F)ccc1CNCc1ncccc1F. The average Bonchev–Trinajstić information content (AvgIpc) is 2.41. The molecule has 2 nitrogen and oxygen atoms in total. The predicted molar refractivity (Wildman–Crippen MR) is 70.9 cm³/mol. The van der Waals surface area contributed by atoms with Crippen molar-refractivity contribution in [1.29, 1.82) is 0 Å². The van der Waals surface area contributed by atoms with Crippen molar-refractivity contribution in [3.63, 3.8) is 0 Å². The van der Waals surface area contributed by atoms with Crippen molar-refractivity contribution in [1.82, 2.24) is 10.3 Å². The maximum absolute atomic E-state index is 13.4. The Balaban J connectivity index is 2.00. The smallest absolute Gasteiger partial charge is 0.307 e. The lowest BCUT2D eigenvalue weighted by Crippen LogP contribution is -2.16. The molecule has 0 bridgehead atoms. The van der Waals surface area contributed by atoms with Gasteiger partial charge in [-0.25, -0.2) is 4.39 Å². The van der Waals surface area contributed by atoms with E-state index in [9.17, 15) is 17.6 Å². The Labute approximate surface area is 119 Å². The molecule has 2 aromatic rings. The number of hydrogen-bond donors (Lipinski definition) is 1. The van der Waals surface area contributed by atoms with Gasteiger partial charge in [0.25, 0.3) is 0 Å². The van der Waals surface area contributed by atoms with Gasteiger partial charge >= 0.3 is 6.18 Å². The molecule has 0 aliphatic heterocycles. The van der Waals surface area contributed by atoms with E-state index in [1.54, 1.807) is 6.92 Å². The summed E-state index contributed by atoms with van der Waals surface area (Å²) in [4.78, 5) is 3.89. The van der Waals surface area contributed by atoms with Crippen molar-refractivity contribution >= 4 is 0 Å². The van der Waals surface area contributed by atoms with Gasteiger partial charge < -0.3 is 5.32 Å². The second-order valence-corrected chi connectivity index (χ2v) is 4.67. The molecule has 0 aliphatic rings. The number of alkyl halides is 3. The van der Waals surface area contributed by atoms with Crippen LogP contribution in [-0.4, -0.2) is 4.98 Å². The van der Waals surface area contributed by atoms with Crippen LogP contribution >= 0.6 is 0 Å². The van der Waals surface area contributed by atoms with Crippen LogP contribution in [0.4, 0.5) is 17.6 Å². The van der Waals surface area contributed by atoms with Crippen molar-refractivity contribution in [3.05, 3.63) is 64.7 Å². The standard InChI is InChI=1S/C15H14F4N2/c1-10-7-12(15(17,18)19)5-4-11(10)8-20-9-14-13(16)3-2-6-21-14/h2-7,20H,8-9H2,1H3. The van der Waals surface area contributed by atoms with Gasteiger partial charge in [-0.3, -0.25) is 4.98 Å². The minimum atomic E-state index is -4.34. The lowest BCUT2D eigenvalue weighted by Gasteiger charge is -2.12. The summed E-state index contributed by atoms with van der Waals surface area (Å²) in [6.45, 7) is 2.18. The fourth-order valence-corrected chi connectivity index (χ4v) is 1.93. The van der Waals surface area contributed by atoms with E-state index in [0.29, 0.717) is 12.1 Å². The average molecular weight is 298 g/mol. The van der Waals surface area contributed by atoms with Crippen LogP contribution < -0.4 is 5.32 Å². The largest absolute Gasteiger partial charge is 0.416 e. The number of benzene rings is 1. The van der Waals surface area contributed by atoms with E-state index in [4.69, 9.17) is 0 Å². The first-order valence-corrected chi connectivity index (χ1v) is 6.35. The van der Waals surface area contributed by atoms with E-state index in [2.05, 4.69) is 10.3 Å². The zero-order valence-electron chi connectivity index (χ0n) is 11.3. The zero-order chi connectivity index (χ0) is 15.5. The van der Waals surface area contributed by atoms with E-state index in [-0.39, 0.29) is 12.2 Å². The highest BCUT2D eigenvalue weighted by Crippen LogP contribution is 2.30. The molecule has 2 rings (SSSR count). The Morgan fingerprint density at radius 1 is 1.14 bits per heavy atom. The van der Waals surface area contributed by atoms with Crippen molar-refractivity contribution in [3.8, 4) is 0 Å². The maximum Gasteiger partial charge on any atom is 0.416 e. The normalized spacial score (nSPS) is 11.7. The molecule has 1 N–H and O–H groups in total. The van der Waals surface area contributed by atoms with Crippen LogP contribution in [0.25, 0.3) is 0 Å². The number of nitrogens with zero attached hydrogens (tertiary/aromatic N) is 1. The van der Waals surface area contributed by atoms with Crippen molar-refractivity contribution in [2.24, 2.45) is 0 Å². The summed E-state index contributed by atoms with van der Waals surface area (Å²) >= 11 is 0. The third kappa shape index (κ3) is 4.01. The van der Waals surface area contributed by atoms with Crippen LogP contribution in [0.3, 0.4) is 0 Å². The summed E-state index contributed by atoms with van der Waals surface area (Å²) in [5.74, 6) is -0.408. The molecule has 0 saturated heterocycles. The quantitative estimate of drug-likeness (QED) is 0.868. The maximum atomic E-state index is 13.4. The number of hydrogen-bond acceptors (Lipinski definition) is 2. The van der Waals surface area contributed by atoms with Crippen molar-refractivity contribution in [2.75, 3.05) is 0 Å². The second kappa shape index (κ2) is 6.22. The molecule has 112 valence electrons. The monoisotopic (exact) mass is 298 g/mol. The third-order valence-corrected chi connectivity index (χ3v) is 3.11. The van der Waals surface area contributed by atoms with Crippen LogP contribution in [0.15, 0.2) is 36.5 Å². The van der Waals surface area contributed by atoms with Crippen molar-refractivity contribution in [2.45, 2.75) is 26.2 Å². The molecule has 0 saturated carbocycles. The molecule has 21 heavy (non-hydrogen) atoms. The van der Waals surface area contributed by atoms with Gasteiger partial charge in [-0.1, -0.05) is 6.07 Å². The Kier molecular flexibility index (Phi) is 4.57. The molecule has 0 unspecified atom stereocenters. The van der Waals surface area contributed by atoms with E-state index in [1.165, 1.54) is 24.4 Å². The molecular formula is C15H14F4N2. The fourth-order valence-electron chi connectivity index (χ4n) is 1.93. The van der Waals surface area contributed by atoms with Gasteiger partial charge in [-0.15, -0.1) is 0 Å². The van der Waals surface area contributed by atoms with E-state index in [1.807, 2.05) is 0 Å². The Bertz CT molecular complexity index is 623. The Morgan fingerprint density at radius 3 is 2.52 bits per heavy atom. The molecule has 0 fully saturated rings. The molecule has 1 aromatic carbocycles. The molecule has 0 spiro atoms. The summed E-state index contributed by atoms with van der Waals surface area (Å²) in [5, 5.41) is 2.97. The number of pyridine rings is 1. The molecule has 1 aromatic heterocycles. The van der Waals surface area contributed by atoms with E-state index >= 15 is 0 Å². The van der Waals surface area contributed by atoms with Crippen LogP contribution in [0.2, 0.25) is 0 Å². The zero-order valence-corrected chi connectivity index (χ0v) is 11.3. The highest BCUT2D eigenvalue weighted by atomic mass is 19.4. The number of rotatable bonds is 4. The van der Waals surface area contributed by atoms with Gasteiger partial charge in [0.2, 0.25) is 0 Å². The topological polar surface area (TPSA) is 24.9 Å². The number of halogens is 4. The summed E-state index contributed by atoms with van der Waals surface area (Å²) in [7, 11) is 0. The van der Waals surface area contributed by atoms with Crippen LogP contribution in [0.5, 0.6) is 0 Å². The first kappa shape index (κ1) is 15.4. The molecular weight excluding hydrogens is 284 g/mol. The fraction of sp³-hybridized carbons (Fsp3) is 0.267. The van der Waals surface area contributed by atoms with Crippen LogP contribution in [0, 0.1) is 12.7 Å². The Hall–Kier alpha value is -1.95. The second-order valence-electron chi connectivity index (χ2n) is 4.67. The van der Waals surface area contributed by atoms with Crippen molar-refractivity contribution < 1.29 is 17.6 Å². The van der Waals surface area contributed by atoms with E-state index < -0.39 is 17.6 Å². The van der Waals surface area contributed by atoms with Gasteiger partial charge in [0, 0.05) is 19.3 Å². The summed E-state index contributed by atoms with van der Waals surface area (Å²) < 4.78 is 51.0. The Morgan fingerprint density at radius 2 is 1.90 bits per heavy atom. The summed E-state index contributed by atoms with van der Waals surface area (Å²) in [6.07, 6.45) is -2.85. The number of aryl methyl sites for hydroxylation is 1. The van der Waals surface area contributed by atoms with Gasteiger partial charge in [-0.2, -0.15) is 13.2 Å². The van der Waals surface area contributed by atoms with Gasteiger partial charge in [-0.05, 0) is 42.3 Å². The van der Waals surface area contributed by atoms with Gasteiger partial charge in [0.15, 0.2) is 0 Å². The van der Waals surface area contributed by atoms with Gasteiger partial charge in [0.1, 0.15) is 5.82 Å². The molecule has 0 aliphatic carbocycles. The lowest BCUT2D eigenvalue weighted by atomic mass is 10.0. The van der Waals surface area contributed by atoms with Gasteiger partial charge in [0.05, 0.1) is 11.3 Å². The highest BCUT2D eigenvalue weighted by molar-refractivity contribution is 5.32. The molecule has 6 heteroatoms. The first-order valence-electron chi connectivity index (χ1n) is 6.35. The first-order chi connectivity index (χ1) is 9.88. The predicted octanol–water partition coefficient (Wildman–Crippen LogP) is 3.84. The van der Waals surface area contributed by atoms with Crippen LogP contribution in [-0.2, 0) is 19.3 Å². The number of aromatic nitrogens is 1. The molecule has 0 amide bonds. The summed E-state index contributed by atoms with van der Waals surface area (Å²) in [5.41, 5.74) is 0.889. The minimum absolute atomic E-state index is 0.215. The number of nitrogens with one attached hydrogen (secondary N) is 1. The summed E-state index contributed by atoms with van der Waals surface area (Å²) in [6, 6.07) is 6.40. The minimum Gasteiger partial charge on any atom is -0.307 e. The molecule has 1 heterocycles. The van der Waals surface area contributed by atoms with E-state index in [0.717, 1.165) is 17.7 Å². The molecule has 0 atom stereocenters. The van der Waals surface area contributed by atoms with Crippen LogP contribution in [0.1, 0.15) is 22.4 Å². The third-order valence-electron chi connectivity index (χ3n) is 3.11.